The van der Waals surface area contributed by atoms with Gasteiger partial charge in [-0.1, -0.05) is 60.1 Å². The first kappa shape index (κ1) is 23.8. The Labute approximate surface area is 206 Å². The van der Waals surface area contributed by atoms with Gasteiger partial charge in [-0.25, -0.2) is 4.79 Å². The SMILES string of the molecule is N#Cc1cc(NC(=O)C(CC(=O)O)NC(=O)OCC2c3ccccc3-c3ccccc32)ccc1Cl. The lowest BCUT2D eigenvalue weighted by Gasteiger charge is -2.19. The maximum atomic E-state index is 12.7. The number of aliphatic carboxylic acids is 1. The average Bonchev–Trinajstić information content (AvgIpc) is 3.17. The normalized spacial score (nSPS) is 12.6. The van der Waals surface area contributed by atoms with Crippen molar-refractivity contribution in [3.63, 3.8) is 0 Å². The van der Waals surface area contributed by atoms with E-state index in [-0.39, 0.29) is 28.8 Å². The van der Waals surface area contributed by atoms with Crippen molar-refractivity contribution in [3.8, 4) is 17.2 Å². The van der Waals surface area contributed by atoms with Crippen LogP contribution in [0.5, 0.6) is 0 Å². The highest BCUT2D eigenvalue weighted by molar-refractivity contribution is 6.31. The maximum Gasteiger partial charge on any atom is 0.407 e. The number of ether oxygens (including phenoxy) is 1. The lowest BCUT2D eigenvalue weighted by Crippen LogP contribution is -2.45. The molecule has 0 aliphatic heterocycles. The summed E-state index contributed by atoms with van der Waals surface area (Å²) in [6.45, 7) is 0.0178. The summed E-state index contributed by atoms with van der Waals surface area (Å²) in [5.74, 6) is -2.23. The van der Waals surface area contributed by atoms with Gasteiger partial charge in [0, 0.05) is 11.6 Å². The first-order valence-electron chi connectivity index (χ1n) is 10.7. The molecular formula is C26H20ClN3O5. The molecule has 0 bridgehead atoms. The number of nitrogens with zero attached hydrogens (tertiary/aromatic N) is 1. The number of carboxylic acids is 1. The first-order chi connectivity index (χ1) is 16.9. The second-order valence-electron chi connectivity index (χ2n) is 7.92. The molecule has 9 heteroatoms. The Morgan fingerprint density at radius 3 is 2.26 bits per heavy atom. The first-order valence-corrected chi connectivity index (χ1v) is 11.1. The van der Waals surface area contributed by atoms with Crippen LogP contribution < -0.4 is 10.6 Å². The highest BCUT2D eigenvalue weighted by Gasteiger charge is 2.30. The third-order valence-corrected chi connectivity index (χ3v) is 6.01. The average molecular weight is 490 g/mol. The molecule has 1 aliphatic rings. The largest absolute Gasteiger partial charge is 0.481 e. The second-order valence-corrected chi connectivity index (χ2v) is 8.32. The summed E-state index contributed by atoms with van der Waals surface area (Å²) in [4.78, 5) is 36.5. The van der Waals surface area contributed by atoms with Crippen LogP contribution in [0.15, 0.2) is 66.7 Å². The van der Waals surface area contributed by atoms with Gasteiger partial charge in [0.1, 0.15) is 18.7 Å². The fraction of sp³-hybridized carbons (Fsp3) is 0.154. The molecule has 0 spiro atoms. The van der Waals surface area contributed by atoms with Crippen LogP contribution in [0.1, 0.15) is 29.0 Å². The highest BCUT2D eigenvalue weighted by Crippen LogP contribution is 2.44. The number of rotatable bonds is 7. The molecule has 1 unspecified atom stereocenters. The van der Waals surface area contributed by atoms with Crippen LogP contribution in [-0.4, -0.2) is 35.7 Å². The van der Waals surface area contributed by atoms with Crippen molar-refractivity contribution in [1.82, 2.24) is 5.32 Å². The van der Waals surface area contributed by atoms with Gasteiger partial charge >= 0.3 is 12.1 Å². The van der Waals surface area contributed by atoms with Gasteiger partial charge in [-0.05, 0) is 40.5 Å². The molecule has 0 heterocycles. The van der Waals surface area contributed by atoms with Crippen LogP contribution in [0.4, 0.5) is 10.5 Å². The van der Waals surface area contributed by atoms with E-state index < -0.39 is 30.4 Å². The summed E-state index contributed by atoms with van der Waals surface area (Å²) in [7, 11) is 0. The topological polar surface area (TPSA) is 129 Å². The number of fused-ring (bicyclic) bond motifs is 3. The molecule has 35 heavy (non-hydrogen) atoms. The summed E-state index contributed by atoms with van der Waals surface area (Å²) in [5.41, 5.74) is 4.57. The van der Waals surface area contributed by atoms with Crippen LogP contribution in [0, 0.1) is 11.3 Å². The molecule has 3 aromatic carbocycles. The number of carbonyl (C=O) groups excluding carboxylic acids is 2. The minimum atomic E-state index is -1.40. The van der Waals surface area contributed by atoms with Crippen LogP contribution >= 0.6 is 11.6 Å². The van der Waals surface area contributed by atoms with Crippen LogP contribution in [0.3, 0.4) is 0 Å². The Hall–Kier alpha value is -4.35. The molecule has 0 fully saturated rings. The Balaban J connectivity index is 1.43. The van der Waals surface area contributed by atoms with E-state index in [4.69, 9.17) is 21.6 Å². The van der Waals surface area contributed by atoms with Gasteiger partial charge in [0.2, 0.25) is 5.91 Å². The molecule has 1 aliphatic carbocycles. The van der Waals surface area contributed by atoms with E-state index in [1.54, 1.807) is 0 Å². The van der Waals surface area contributed by atoms with E-state index in [0.717, 1.165) is 22.3 Å². The highest BCUT2D eigenvalue weighted by atomic mass is 35.5. The van der Waals surface area contributed by atoms with Crippen molar-refractivity contribution in [3.05, 3.63) is 88.4 Å². The number of carbonyl (C=O) groups is 3. The Morgan fingerprint density at radius 1 is 1.03 bits per heavy atom. The van der Waals surface area contributed by atoms with Gasteiger partial charge in [0.15, 0.2) is 0 Å². The number of nitriles is 1. The van der Waals surface area contributed by atoms with E-state index in [2.05, 4.69) is 10.6 Å². The van der Waals surface area contributed by atoms with Gasteiger partial charge in [0.05, 0.1) is 17.0 Å². The number of benzene rings is 3. The molecule has 1 atom stereocenters. The van der Waals surface area contributed by atoms with Gasteiger partial charge in [-0.15, -0.1) is 0 Å². The number of alkyl carbamates (subject to hydrolysis) is 1. The van der Waals surface area contributed by atoms with E-state index in [9.17, 15) is 19.5 Å². The predicted molar refractivity (Wildman–Crippen MR) is 129 cm³/mol. The molecule has 3 N–H and O–H groups in total. The van der Waals surface area contributed by atoms with Crippen LogP contribution in [-0.2, 0) is 14.3 Å². The zero-order valence-electron chi connectivity index (χ0n) is 18.3. The molecule has 4 rings (SSSR count). The summed E-state index contributed by atoms with van der Waals surface area (Å²) >= 11 is 5.90. The smallest absolute Gasteiger partial charge is 0.407 e. The summed E-state index contributed by atoms with van der Waals surface area (Å²) < 4.78 is 5.42. The van der Waals surface area contributed by atoms with Gasteiger partial charge in [-0.3, -0.25) is 9.59 Å². The summed E-state index contributed by atoms with van der Waals surface area (Å²) in [6.07, 6.45) is -1.57. The number of halogens is 1. The van der Waals surface area contributed by atoms with Crippen molar-refractivity contribution in [2.45, 2.75) is 18.4 Å². The Morgan fingerprint density at radius 2 is 1.66 bits per heavy atom. The van der Waals surface area contributed by atoms with Crippen LogP contribution in [0.2, 0.25) is 5.02 Å². The van der Waals surface area contributed by atoms with Crippen LogP contribution in [0.25, 0.3) is 11.1 Å². The third kappa shape index (κ3) is 5.26. The molecule has 0 aromatic heterocycles. The van der Waals surface area contributed by atoms with E-state index in [1.165, 1.54) is 18.2 Å². The number of hydrogen-bond donors (Lipinski definition) is 3. The molecule has 0 saturated carbocycles. The van der Waals surface area contributed by atoms with Gasteiger partial charge in [0.25, 0.3) is 0 Å². The minimum Gasteiger partial charge on any atom is -0.481 e. The number of anilines is 1. The standard InChI is InChI=1S/C26H20ClN3O5/c27-22-10-9-16(11-15(22)13-28)29-25(33)23(12-24(31)32)30-26(34)35-14-21-19-7-3-1-5-17(19)18-6-2-4-8-20(18)21/h1-11,21,23H,12,14H2,(H,29,33)(H,30,34)(H,31,32). The molecule has 176 valence electrons. The molecule has 8 nitrogen and oxygen atoms in total. The summed E-state index contributed by atoms with van der Waals surface area (Å²) in [6, 6.07) is 20.4. The second kappa shape index (κ2) is 10.3. The van der Waals surface area contributed by atoms with Crippen molar-refractivity contribution in [2.24, 2.45) is 0 Å². The summed E-state index contributed by atoms with van der Waals surface area (Å²) in [5, 5.41) is 23.4. The molecule has 2 amide bonds. The number of amides is 2. The third-order valence-electron chi connectivity index (χ3n) is 5.69. The predicted octanol–water partition coefficient (Wildman–Crippen LogP) is 4.53. The number of carboxylic acid groups (broad SMARTS) is 1. The van der Waals surface area contributed by atoms with Crippen molar-refractivity contribution >= 4 is 35.3 Å². The van der Waals surface area contributed by atoms with Crippen molar-refractivity contribution in [1.29, 1.82) is 5.26 Å². The molecular weight excluding hydrogens is 470 g/mol. The van der Waals surface area contributed by atoms with Gasteiger partial charge in [-0.2, -0.15) is 5.26 Å². The van der Waals surface area contributed by atoms with Crippen molar-refractivity contribution < 1.29 is 24.2 Å². The van der Waals surface area contributed by atoms with E-state index in [0.29, 0.717) is 0 Å². The number of hydrogen-bond acceptors (Lipinski definition) is 5. The maximum absolute atomic E-state index is 12.7. The molecule has 3 aromatic rings. The monoisotopic (exact) mass is 489 g/mol. The molecule has 0 radical (unpaired) electrons. The van der Waals surface area contributed by atoms with Gasteiger partial charge < -0.3 is 20.5 Å². The van der Waals surface area contributed by atoms with E-state index >= 15 is 0 Å². The number of nitrogens with one attached hydrogen (secondary N) is 2. The quantitative estimate of drug-likeness (QED) is 0.447. The molecule has 0 saturated heterocycles. The Bertz CT molecular complexity index is 1310. The fourth-order valence-electron chi connectivity index (χ4n) is 4.08. The zero-order chi connectivity index (χ0) is 24.9. The lowest BCUT2D eigenvalue weighted by atomic mass is 9.98. The fourth-order valence-corrected chi connectivity index (χ4v) is 4.24. The van der Waals surface area contributed by atoms with Crippen molar-refractivity contribution in [2.75, 3.05) is 11.9 Å². The minimum absolute atomic E-state index is 0.0178. The lowest BCUT2D eigenvalue weighted by molar-refractivity contribution is -0.139. The van der Waals surface area contributed by atoms with E-state index in [1.807, 2.05) is 54.6 Å². The zero-order valence-corrected chi connectivity index (χ0v) is 19.1. The Kier molecular flexibility index (Phi) is 6.99.